The highest BCUT2D eigenvalue weighted by Gasteiger charge is 2.14. The Bertz CT molecular complexity index is 647. The van der Waals surface area contributed by atoms with Crippen LogP contribution in [0.3, 0.4) is 0 Å². The summed E-state index contributed by atoms with van der Waals surface area (Å²) in [6.07, 6.45) is 2.94. The van der Waals surface area contributed by atoms with Gasteiger partial charge in [0, 0.05) is 11.2 Å². The van der Waals surface area contributed by atoms with Crippen molar-refractivity contribution in [3.05, 3.63) is 45.4 Å². The number of methoxy groups -OCH3 is 1. The number of aromatic nitrogens is 2. The van der Waals surface area contributed by atoms with Gasteiger partial charge >= 0.3 is 0 Å². The van der Waals surface area contributed by atoms with E-state index >= 15 is 0 Å². The van der Waals surface area contributed by atoms with Crippen molar-refractivity contribution in [1.29, 1.82) is 0 Å². The molecule has 1 aromatic carbocycles. The van der Waals surface area contributed by atoms with E-state index in [-0.39, 0.29) is 11.6 Å². The van der Waals surface area contributed by atoms with E-state index in [4.69, 9.17) is 16.3 Å². The van der Waals surface area contributed by atoms with Gasteiger partial charge in [0.25, 0.3) is 5.91 Å². The lowest BCUT2D eigenvalue weighted by Crippen LogP contribution is -2.15. The molecule has 0 aliphatic rings. The predicted octanol–water partition coefficient (Wildman–Crippen LogP) is 3.46. The molecule has 1 heterocycles. The molecule has 5 nitrogen and oxygen atoms in total. The number of halogens is 2. The lowest BCUT2D eigenvalue weighted by molar-refractivity contribution is 0.102. The molecular formula is C13H11BrClN3O2. The molecule has 0 unspecified atom stereocenters. The molecular weight excluding hydrogens is 346 g/mol. The molecule has 0 bridgehead atoms. The smallest absolute Gasteiger partial charge is 0.275 e. The summed E-state index contributed by atoms with van der Waals surface area (Å²) in [5.74, 6) is 0.104. The van der Waals surface area contributed by atoms with E-state index in [0.717, 1.165) is 5.69 Å². The van der Waals surface area contributed by atoms with Gasteiger partial charge in [0.2, 0.25) is 0 Å². The Labute approximate surface area is 129 Å². The Kier molecular flexibility index (Phi) is 4.57. The van der Waals surface area contributed by atoms with Crippen LogP contribution in [0.25, 0.3) is 0 Å². The van der Waals surface area contributed by atoms with Crippen LogP contribution in [0.4, 0.5) is 5.69 Å². The Balaban J connectivity index is 2.30. The van der Waals surface area contributed by atoms with Crippen LogP contribution in [0.15, 0.2) is 29.0 Å². The van der Waals surface area contributed by atoms with Crippen LogP contribution in [0.1, 0.15) is 16.2 Å². The highest BCUT2D eigenvalue weighted by molar-refractivity contribution is 9.10. The zero-order valence-electron chi connectivity index (χ0n) is 10.8. The maximum Gasteiger partial charge on any atom is 0.275 e. The second kappa shape index (κ2) is 6.19. The van der Waals surface area contributed by atoms with Crippen LogP contribution in [0.2, 0.25) is 5.02 Å². The second-order valence-electron chi connectivity index (χ2n) is 3.97. The normalized spacial score (nSPS) is 10.2. The molecule has 104 valence electrons. The van der Waals surface area contributed by atoms with Crippen LogP contribution < -0.4 is 10.1 Å². The van der Waals surface area contributed by atoms with E-state index in [2.05, 4.69) is 31.2 Å². The molecule has 7 heteroatoms. The molecule has 0 aliphatic carbocycles. The minimum absolute atomic E-state index is 0.216. The summed E-state index contributed by atoms with van der Waals surface area (Å²) in [5, 5.41) is 3.17. The maximum absolute atomic E-state index is 12.1. The lowest BCUT2D eigenvalue weighted by atomic mass is 10.2. The highest BCUT2D eigenvalue weighted by atomic mass is 79.9. The van der Waals surface area contributed by atoms with E-state index in [1.54, 1.807) is 19.1 Å². The average Bonchev–Trinajstić information content (AvgIpc) is 2.39. The van der Waals surface area contributed by atoms with Gasteiger partial charge in [-0.1, -0.05) is 11.6 Å². The first-order valence-corrected chi connectivity index (χ1v) is 6.81. The molecule has 0 atom stereocenters. The Hall–Kier alpha value is -1.66. The largest absolute Gasteiger partial charge is 0.493 e. The van der Waals surface area contributed by atoms with Crippen LogP contribution in [-0.2, 0) is 0 Å². The number of ether oxygens (including phenoxy) is 1. The van der Waals surface area contributed by atoms with Crippen molar-refractivity contribution < 1.29 is 9.53 Å². The molecule has 0 saturated heterocycles. The maximum atomic E-state index is 12.1. The lowest BCUT2D eigenvalue weighted by Gasteiger charge is -2.12. The molecule has 0 saturated carbocycles. The monoisotopic (exact) mass is 355 g/mol. The molecule has 0 radical (unpaired) electrons. The van der Waals surface area contributed by atoms with Crippen molar-refractivity contribution in [1.82, 2.24) is 9.97 Å². The Morgan fingerprint density at radius 1 is 1.35 bits per heavy atom. The minimum Gasteiger partial charge on any atom is -0.493 e. The molecule has 20 heavy (non-hydrogen) atoms. The van der Waals surface area contributed by atoms with Crippen molar-refractivity contribution >= 4 is 39.1 Å². The fraction of sp³-hybridized carbons (Fsp3) is 0.154. The van der Waals surface area contributed by atoms with Crippen molar-refractivity contribution in [2.45, 2.75) is 6.92 Å². The number of benzene rings is 1. The Morgan fingerprint density at radius 3 is 2.70 bits per heavy atom. The van der Waals surface area contributed by atoms with Crippen LogP contribution >= 0.6 is 27.5 Å². The molecule has 0 spiro atoms. The van der Waals surface area contributed by atoms with E-state index in [0.29, 0.717) is 20.9 Å². The standard InChI is InChI=1S/C13H11BrClN3O2/c1-7-5-17-11(6-16-7)13(19)18-10-4-8(15)3-9(14)12(10)20-2/h3-6H,1-2H3,(H,18,19). The van der Waals surface area contributed by atoms with Crippen LogP contribution in [0.5, 0.6) is 5.75 Å². The third-order valence-electron chi connectivity index (χ3n) is 2.47. The quantitative estimate of drug-likeness (QED) is 0.914. The van der Waals surface area contributed by atoms with Crippen molar-refractivity contribution in [2.24, 2.45) is 0 Å². The van der Waals surface area contributed by atoms with E-state index in [1.807, 2.05) is 0 Å². The number of amides is 1. The SMILES string of the molecule is COc1c(Br)cc(Cl)cc1NC(=O)c1cnc(C)cn1. The van der Waals surface area contributed by atoms with E-state index in [1.165, 1.54) is 19.5 Å². The zero-order chi connectivity index (χ0) is 14.7. The summed E-state index contributed by atoms with van der Waals surface area (Å²) < 4.78 is 5.88. The molecule has 1 aromatic heterocycles. The molecule has 2 rings (SSSR count). The van der Waals surface area contributed by atoms with Gasteiger partial charge in [0.05, 0.1) is 29.2 Å². The van der Waals surface area contributed by atoms with E-state index < -0.39 is 0 Å². The van der Waals surface area contributed by atoms with Gasteiger partial charge in [0.15, 0.2) is 5.75 Å². The van der Waals surface area contributed by atoms with Crippen molar-refractivity contribution in [3.8, 4) is 5.75 Å². The number of rotatable bonds is 3. The first kappa shape index (κ1) is 14.7. The van der Waals surface area contributed by atoms with Gasteiger partial charge in [-0.15, -0.1) is 0 Å². The number of nitrogens with one attached hydrogen (secondary N) is 1. The summed E-state index contributed by atoms with van der Waals surface area (Å²) in [7, 11) is 1.51. The molecule has 2 aromatic rings. The van der Waals surface area contributed by atoms with E-state index in [9.17, 15) is 4.79 Å². The third-order valence-corrected chi connectivity index (χ3v) is 3.28. The average molecular weight is 357 g/mol. The van der Waals surface area contributed by atoms with Crippen molar-refractivity contribution in [3.63, 3.8) is 0 Å². The number of hydrogen-bond donors (Lipinski definition) is 1. The number of aryl methyl sites for hydroxylation is 1. The van der Waals surface area contributed by atoms with Gasteiger partial charge < -0.3 is 10.1 Å². The second-order valence-corrected chi connectivity index (χ2v) is 5.26. The van der Waals surface area contributed by atoms with Crippen LogP contribution in [-0.4, -0.2) is 23.0 Å². The van der Waals surface area contributed by atoms with Gasteiger partial charge in [-0.2, -0.15) is 0 Å². The summed E-state index contributed by atoms with van der Waals surface area (Å²) in [6, 6.07) is 3.28. The molecule has 1 amide bonds. The highest BCUT2D eigenvalue weighted by Crippen LogP contribution is 2.36. The first-order chi connectivity index (χ1) is 9.51. The number of hydrogen-bond acceptors (Lipinski definition) is 4. The first-order valence-electron chi connectivity index (χ1n) is 5.64. The molecule has 0 aliphatic heterocycles. The topological polar surface area (TPSA) is 64.1 Å². The fourth-order valence-electron chi connectivity index (χ4n) is 1.56. The summed E-state index contributed by atoms with van der Waals surface area (Å²) in [6.45, 7) is 1.80. The number of nitrogens with zero attached hydrogens (tertiary/aromatic N) is 2. The minimum atomic E-state index is -0.384. The number of carbonyl (C=O) groups is 1. The van der Waals surface area contributed by atoms with Gasteiger partial charge in [-0.05, 0) is 35.0 Å². The fourth-order valence-corrected chi connectivity index (χ4v) is 2.53. The van der Waals surface area contributed by atoms with Crippen molar-refractivity contribution in [2.75, 3.05) is 12.4 Å². The summed E-state index contributed by atoms with van der Waals surface area (Å²) >= 11 is 9.29. The van der Waals surface area contributed by atoms with Gasteiger partial charge in [-0.3, -0.25) is 9.78 Å². The van der Waals surface area contributed by atoms with Crippen LogP contribution in [0, 0.1) is 6.92 Å². The van der Waals surface area contributed by atoms with Gasteiger partial charge in [-0.25, -0.2) is 4.98 Å². The number of anilines is 1. The number of carbonyl (C=O) groups excluding carboxylic acids is 1. The summed E-state index contributed by atoms with van der Waals surface area (Å²) in [5.41, 5.74) is 1.41. The molecule has 1 N–H and O–H groups in total. The Morgan fingerprint density at radius 2 is 2.10 bits per heavy atom. The molecule has 0 fully saturated rings. The third kappa shape index (κ3) is 3.26. The predicted molar refractivity (Wildman–Crippen MR) is 80.4 cm³/mol. The van der Waals surface area contributed by atoms with Gasteiger partial charge in [0.1, 0.15) is 5.69 Å². The summed E-state index contributed by atoms with van der Waals surface area (Å²) in [4.78, 5) is 20.1. The zero-order valence-corrected chi connectivity index (χ0v) is 13.1.